The second-order valence-corrected chi connectivity index (χ2v) is 9.52. The SMILES string of the molecule is CCCCc1cc(CCCC)c(O)c(C(C)c2cc(CCCC)cc(CCCC)c2O)c1. The first kappa shape index (κ1) is 26.3. The molecule has 0 aliphatic rings. The number of rotatable bonds is 14. The van der Waals surface area contributed by atoms with Crippen molar-refractivity contribution in [1.82, 2.24) is 0 Å². The van der Waals surface area contributed by atoms with Gasteiger partial charge in [0.2, 0.25) is 0 Å². The molecule has 2 nitrogen and oxygen atoms in total. The van der Waals surface area contributed by atoms with E-state index in [1.165, 1.54) is 11.1 Å². The van der Waals surface area contributed by atoms with Gasteiger partial charge in [0.1, 0.15) is 11.5 Å². The lowest BCUT2D eigenvalue weighted by molar-refractivity contribution is 0.448. The molecule has 0 bridgehead atoms. The highest BCUT2D eigenvalue weighted by molar-refractivity contribution is 5.54. The molecule has 2 aromatic carbocycles. The Hall–Kier alpha value is -1.96. The Kier molecular flexibility index (Phi) is 11.1. The first-order chi connectivity index (χ1) is 15.5. The van der Waals surface area contributed by atoms with E-state index in [1.807, 2.05) is 0 Å². The van der Waals surface area contributed by atoms with E-state index >= 15 is 0 Å². The second-order valence-electron chi connectivity index (χ2n) is 9.52. The summed E-state index contributed by atoms with van der Waals surface area (Å²) in [7, 11) is 0. The van der Waals surface area contributed by atoms with E-state index in [4.69, 9.17) is 0 Å². The van der Waals surface area contributed by atoms with Crippen molar-refractivity contribution in [2.24, 2.45) is 0 Å². The van der Waals surface area contributed by atoms with Crippen LogP contribution in [0.1, 0.15) is 125 Å². The van der Waals surface area contributed by atoms with E-state index in [0.29, 0.717) is 11.5 Å². The molecule has 0 unspecified atom stereocenters. The minimum atomic E-state index is -0.0427. The largest absolute Gasteiger partial charge is 0.507 e. The molecule has 0 aliphatic carbocycles. The number of aromatic hydroxyl groups is 2. The highest BCUT2D eigenvalue weighted by Gasteiger charge is 2.21. The summed E-state index contributed by atoms with van der Waals surface area (Å²) in [5, 5.41) is 22.5. The molecule has 0 aliphatic heterocycles. The van der Waals surface area contributed by atoms with Gasteiger partial charge in [0.05, 0.1) is 0 Å². The van der Waals surface area contributed by atoms with E-state index in [9.17, 15) is 10.2 Å². The Labute approximate surface area is 197 Å². The van der Waals surface area contributed by atoms with Gasteiger partial charge < -0.3 is 10.2 Å². The molecule has 2 rings (SSSR count). The molecule has 32 heavy (non-hydrogen) atoms. The van der Waals surface area contributed by atoms with E-state index in [-0.39, 0.29) is 5.92 Å². The summed E-state index contributed by atoms with van der Waals surface area (Å²) >= 11 is 0. The van der Waals surface area contributed by atoms with Crippen LogP contribution in [0.15, 0.2) is 24.3 Å². The third-order valence-corrected chi connectivity index (χ3v) is 6.73. The standard InChI is InChI=1S/C30H46O2/c1-6-10-14-23-18-25(16-12-8-3)29(31)27(20-23)22(5)28-21-24(15-11-7-2)19-26(30(28)32)17-13-9-4/h18-22,31-32H,6-17H2,1-5H3. The summed E-state index contributed by atoms with van der Waals surface area (Å²) in [6, 6.07) is 8.80. The lowest BCUT2D eigenvalue weighted by Crippen LogP contribution is -2.04. The molecule has 178 valence electrons. The summed E-state index contributed by atoms with van der Waals surface area (Å²) in [5.74, 6) is 0.818. The second kappa shape index (κ2) is 13.6. The summed E-state index contributed by atoms with van der Waals surface area (Å²) in [6.07, 6.45) is 12.9. The Morgan fingerprint density at radius 2 is 0.906 bits per heavy atom. The number of hydrogen-bond donors (Lipinski definition) is 2. The predicted molar refractivity (Wildman–Crippen MR) is 138 cm³/mol. The van der Waals surface area contributed by atoms with Gasteiger partial charge in [-0.15, -0.1) is 0 Å². The molecule has 0 spiro atoms. The number of unbranched alkanes of at least 4 members (excludes halogenated alkanes) is 4. The minimum Gasteiger partial charge on any atom is -0.507 e. The first-order valence-electron chi connectivity index (χ1n) is 13.2. The lowest BCUT2D eigenvalue weighted by atomic mass is 9.85. The molecule has 2 aromatic rings. The van der Waals surface area contributed by atoms with Crippen LogP contribution in [-0.2, 0) is 25.7 Å². The van der Waals surface area contributed by atoms with Crippen LogP contribution in [-0.4, -0.2) is 10.2 Å². The molecule has 0 aromatic heterocycles. The third-order valence-electron chi connectivity index (χ3n) is 6.73. The molecule has 2 N–H and O–H groups in total. The Morgan fingerprint density at radius 3 is 1.25 bits per heavy atom. The fourth-order valence-corrected chi connectivity index (χ4v) is 4.57. The van der Waals surface area contributed by atoms with Gasteiger partial charge in [0, 0.05) is 17.0 Å². The molecule has 0 saturated heterocycles. The van der Waals surface area contributed by atoms with Gasteiger partial charge in [-0.3, -0.25) is 0 Å². The zero-order chi connectivity index (χ0) is 23.5. The van der Waals surface area contributed by atoms with Crippen molar-refractivity contribution in [2.45, 2.75) is 118 Å². The number of benzene rings is 2. The van der Waals surface area contributed by atoms with Crippen LogP contribution in [0.2, 0.25) is 0 Å². The topological polar surface area (TPSA) is 40.5 Å². The third kappa shape index (κ3) is 7.02. The molecule has 0 radical (unpaired) electrons. The van der Waals surface area contributed by atoms with E-state index in [0.717, 1.165) is 99.3 Å². The number of phenolic OH excluding ortho intramolecular Hbond substituents is 2. The van der Waals surface area contributed by atoms with Crippen molar-refractivity contribution in [2.75, 3.05) is 0 Å². The zero-order valence-electron chi connectivity index (χ0n) is 21.3. The molecule has 0 fully saturated rings. The lowest BCUT2D eigenvalue weighted by Gasteiger charge is -2.22. The fraction of sp³-hybridized carbons (Fsp3) is 0.600. The Morgan fingerprint density at radius 1 is 0.562 bits per heavy atom. The maximum atomic E-state index is 11.2. The summed E-state index contributed by atoms with van der Waals surface area (Å²) in [6.45, 7) is 11.0. The van der Waals surface area contributed by atoms with Crippen LogP contribution in [0.25, 0.3) is 0 Å². The van der Waals surface area contributed by atoms with E-state index < -0.39 is 0 Å². The van der Waals surface area contributed by atoms with Gasteiger partial charge in [-0.2, -0.15) is 0 Å². The molecular formula is C30H46O2. The zero-order valence-corrected chi connectivity index (χ0v) is 21.3. The minimum absolute atomic E-state index is 0.0427. The van der Waals surface area contributed by atoms with Gasteiger partial charge >= 0.3 is 0 Å². The Bertz CT molecular complexity index is 768. The maximum absolute atomic E-state index is 11.2. The number of aryl methyl sites for hydroxylation is 4. The van der Waals surface area contributed by atoms with Crippen LogP contribution in [0.5, 0.6) is 11.5 Å². The van der Waals surface area contributed by atoms with E-state index in [2.05, 4.69) is 58.9 Å². The van der Waals surface area contributed by atoms with Crippen LogP contribution in [0, 0.1) is 0 Å². The highest BCUT2D eigenvalue weighted by atomic mass is 16.3. The van der Waals surface area contributed by atoms with Crippen molar-refractivity contribution in [3.63, 3.8) is 0 Å². The molecular weight excluding hydrogens is 392 g/mol. The van der Waals surface area contributed by atoms with Crippen molar-refractivity contribution >= 4 is 0 Å². The van der Waals surface area contributed by atoms with Crippen LogP contribution < -0.4 is 0 Å². The van der Waals surface area contributed by atoms with Gasteiger partial charge in [0.25, 0.3) is 0 Å². The van der Waals surface area contributed by atoms with Crippen molar-refractivity contribution in [1.29, 1.82) is 0 Å². The average Bonchev–Trinajstić information content (AvgIpc) is 2.80. The maximum Gasteiger partial charge on any atom is 0.122 e. The van der Waals surface area contributed by atoms with Gasteiger partial charge in [-0.25, -0.2) is 0 Å². The van der Waals surface area contributed by atoms with Crippen LogP contribution in [0.4, 0.5) is 0 Å². The molecule has 0 saturated carbocycles. The fourth-order valence-electron chi connectivity index (χ4n) is 4.57. The summed E-state index contributed by atoms with van der Waals surface area (Å²) < 4.78 is 0. The van der Waals surface area contributed by atoms with Crippen molar-refractivity contribution in [3.05, 3.63) is 57.6 Å². The van der Waals surface area contributed by atoms with E-state index in [1.54, 1.807) is 0 Å². The van der Waals surface area contributed by atoms with Crippen molar-refractivity contribution in [3.8, 4) is 11.5 Å². The highest BCUT2D eigenvalue weighted by Crippen LogP contribution is 2.40. The van der Waals surface area contributed by atoms with Gasteiger partial charge in [0.15, 0.2) is 0 Å². The molecule has 0 atom stereocenters. The predicted octanol–water partition coefficient (Wildman–Crippen LogP) is 8.62. The smallest absolute Gasteiger partial charge is 0.122 e. The quantitative estimate of drug-likeness (QED) is 0.310. The molecule has 0 amide bonds. The summed E-state index contributed by atoms with van der Waals surface area (Å²) in [4.78, 5) is 0. The monoisotopic (exact) mass is 438 g/mol. The van der Waals surface area contributed by atoms with Crippen molar-refractivity contribution < 1.29 is 10.2 Å². The van der Waals surface area contributed by atoms with Crippen LogP contribution in [0.3, 0.4) is 0 Å². The summed E-state index contributed by atoms with van der Waals surface area (Å²) in [5.41, 5.74) is 6.68. The number of hydrogen-bond acceptors (Lipinski definition) is 2. The van der Waals surface area contributed by atoms with Gasteiger partial charge in [-0.05, 0) is 73.6 Å². The van der Waals surface area contributed by atoms with Gasteiger partial charge in [-0.1, -0.05) is 84.6 Å². The molecule has 0 heterocycles. The first-order valence-corrected chi connectivity index (χ1v) is 13.2. The van der Waals surface area contributed by atoms with Crippen LogP contribution >= 0.6 is 0 Å². The Balaban J connectivity index is 2.54. The normalized spacial score (nSPS) is 11.4. The number of phenols is 2. The molecule has 2 heteroatoms. The average molecular weight is 439 g/mol.